The molecule has 0 saturated heterocycles. The summed E-state index contributed by atoms with van der Waals surface area (Å²) >= 11 is 0. The predicted molar refractivity (Wildman–Crippen MR) is 33.5 cm³/mol. The van der Waals surface area contributed by atoms with Gasteiger partial charge in [0.15, 0.2) is 5.67 Å². The van der Waals surface area contributed by atoms with Crippen molar-refractivity contribution in [2.45, 2.75) is 43.7 Å². The van der Waals surface area contributed by atoms with Crippen molar-refractivity contribution >= 4 is 0 Å². The van der Waals surface area contributed by atoms with Gasteiger partial charge in [0.2, 0.25) is 11.3 Å². The second-order valence-electron chi connectivity index (χ2n) is 3.58. The molecule has 0 heterocycles. The molecule has 1 fully saturated rings. The van der Waals surface area contributed by atoms with Crippen LogP contribution in [0.15, 0.2) is 0 Å². The van der Waals surface area contributed by atoms with Gasteiger partial charge in [-0.1, -0.05) is 0 Å². The van der Waals surface area contributed by atoms with E-state index < -0.39 is 22.9 Å². The SMILES string of the molecule is CC1(F)C(C)(F)C(F)(F)C1(C)F. The third-order valence-electron chi connectivity index (χ3n) is 2.94. The van der Waals surface area contributed by atoms with Crippen molar-refractivity contribution in [2.24, 2.45) is 0 Å². The second-order valence-corrected chi connectivity index (χ2v) is 3.58. The van der Waals surface area contributed by atoms with Gasteiger partial charge in [0.1, 0.15) is 0 Å². The zero-order valence-electron chi connectivity index (χ0n) is 6.89. The van der Waals surface area contributed by atoms with Crippen molar-refractivity contribution in [1.82, 2.24) is 0 Å². The second kappa shape index (κ2) is 1.77. The molecule has 12 heavy (non-hydrogen) atoms. The zero-order valence-corrected chi connectivity index (χ0v) is 6.89. The largest absolute Gasteiger partial charge is 0.320 e. The van der Waals surface area contributed by atoms with Crippen molar-refractivity contribution in [3.8, 4) is 0 Å². The van der Waals surface area contributed by atoms with Gasteiger partial charge in [0.25, 0.3) is 0 Å². The molecule has 0 N–H and O–H groups in total. The van der Waals surface area contributed by atoms with E-state index in [1.54, 1.807) is 0 Å². The van der Waals surface area contributed by atoms with Gasteiger partial charge in [-0.15, -0.1) is 0 Å². The van der Waals surface area contributed by atoms with Crippen LogP contribution in [-0.4, -0.2) is 22.9 Å². The topological polar surface area (TPSA) is 0 Å². The summed E-state index contributed by atoms with van der Waals surface area (Å²) in [7, 11) is 0. The van der Waals surface area contributed by atoms with Crippen molar-refractivity contribution in [1.29, 1.82) is 0 Å². The summed E-state index contributed by atoms with van der Waals surface area (Å²) in [5.41, 5.74) is -9.99. The molecule has 0 aromatic carbocycles. The first-order valence-electron chi connectivity index (χ1n) is 3.44. The number of alkyl halides is 5. The van der Waals surface area contributed by atoms with Crippen LogP contribution in [0.5, 0.6) is 0 Å². The first kappa shape index (κ1) is 9.74. The number of hydrogen-bond donors (Lipinski definition) is 0. The molecule has 0 radical (unpaired) electrons. The Bertz CT molecular complexity index is 152. The lowest BCUT2D eigenvalue weighted by molar-refractivity contribution is -0.377. The standard InChI is InChI=1S/C7H9F5/c1-4(8)5(2,9)7(11,12)6(4,3)10/h1-3H3. The van der Waals surface area contributed by atoms with Crippen LogP contribution >= 0.6 is 0 Å². The highest BCUT2D eigenvalue weighted by Crippen LogP contribution is 2.66. The van der Waals surface area contributed by atoms with Gasteiger partial charge < -0.3 is 0 Å². The Morgan fingerprint density at radius 2 is 0.833 bits per heavy atom. The van der Waals surface area contributed by atoms with Gasteiger partial charge >= 0.3 is 5.92 Å². The van der Waals surface area contributed by atoms with Crippen molar-refractivity contribution in [3.05, 3.63) is 0 Å². The van der Waals surface area contributed by atoms with Gasteiger partial charge in [-0.3, -0.25) is 0 Å². The van der Waals surface area contributed by atoms with Gasteiger partial charge in [0.05, 0.1) is 0 Å². The highest BCUT2D eigenvalue weighted by molar-refractivity contribution is 5.30. The van der Waals surface area contributed by atoms with Crippen LogP contribution in [0.25, 0.3) is 0 Å². The van der Waals surface area contributed by atoms with E-state index >= 15 is 0 Å². The fourth-order valence-corrected chi connectivity index (χ4v) is 1.41. The minimum absolute atomic E-state index is 0.369. The fourth-order valence-electron chi connectivity index (χ4n) is 1.41. The Morgan fingerprint density at radius 1 is 0.583 bits per heavy atom. The Hall–Kier alpha value is -0.350. The first-order chi connectivity index (χ1) is 5.00. The zero-order chi connectivity index (χ0) is 10.0. The Kier molecular flexibility index (Phi) is 1.44. The molecular formula is C7H9F5. The van der Waals surface area contributed by atoms with Crippen LogP contribution in [0, 0.1) is 0 Å². The molecule has 72 valence electrons. The maximum absolute atomic E-state index is 13.0. The summed E-state index contributed by atoms with van der Waals surface area (Å²) in [6.07, 6.45) is 0. The number of rotatable bonds is 0. The van der Waals surface area contributed by atoms with Crippen molar-refractivity contribution in [3.63, 3.8) is 0 Å². The smallest absolute Gasteiger partial charge is 0.237 e. The van der Waals surface area contributed by atoms with E-state index in [0.717, 1.165) is 0 Å². The van der Waals surface area contributed by atoms with Gasteiger partial charge in [0, 0.05) is 0 Å². The number of halogens is 5. The van der Waals surface area contributed by atoms with Crippen molar-refractivity contribution < 1.29 is 22.0 Å². The summed E-state index contributed by atoms with van der Waals surface area (Å²) in [6, 6.07) is 0. The maximum atomic E-state index is 13.0. The Labute approximate surface area is 66.8 Å². The van der Waals surface area contributed by atoms with E-state index in [0.29, 0.717) is 20.8 Å². The summed E-state index contributed by atoms with van der Waals surface area (Å²) in [6.45, 7) is 1.24. The van der Waals surface area contributed by atoms with E-state index in [2.05, 4.69) is 0 Å². The van der Waals surface area contributed by atoms with Gasteiger partial charge in [-0.05, 0) is 20.8 Å². The summed E-state index contributed by atoms with van der Waals surface area (Å²) < 4.78 is 64.0. The molecule has 0 aromatic rings. The Morgan fingerprint density at radius 3 is 0.917 bits per heavy atom. The molecule has 0 aliphatic heterocycles. The molecule has 2 atom stereocenters. The van der Waals surface area contributed by atoms with Crippen LogP contribution in [-0.2, 0) is 0 Å². The molecule has 1 rings (SSSR count). The van der Waals surface area contributed by atoms with E-state index in [9.17, 15) is 22.0 Å². The molecule has 1 aliphatic rings. The van der Waals surface area contributed by atoms with E-state index in [1.165, 1.54) is 0 Å². The lowest BCUT2D eigenvalue weighted by atomic mass is 9.57. The quantitative estimate of drug-likeness (QED) is 0.513. The van der Waals surface area contributed by atoms with E-state index in [1.807, 2.05) is 0 Å². The molecule has 0 nitrogen and oxygen atoms in total. The van der Waals surface area contributed by atoms with Crippen LogP contribution in [0.4, 0.5) is 22.0 Å². The molecule has 5 heteroatoms. The van der Waals surface area contributed by atoms with Crippen LogP contribution < -0.4 is 0 Å². The van der Waals surface area contributed by atoms with Gasteiger partial charge in [-0.25, -0.2) is 13.2 Å². The third-order valence-corrected chi connectivity index (χ3v) is 2.94. The normalized spacial score (nSPS) is 58.0. The summed E-state index contributed by atoms with van der Waals surface area (Å²) in [5, 5.41) is 0. The van der Waals surface area contributed by atoms with E-state index in [-0.39, 0.29) is 0 Å². The number of hydrogen-bond acceptors (Lipinski definition) is 0. The third kappa shape index (κ3) is 0.568. The lowest BCUT2D eigenvalue weighted by Crippen LogP contribution is -2.84. The van der Waals surface area contributed by atoms with Crippen LogP contribution in [0.1, 0.15) is 20.8 Å². The van der Waals surface area contributed by atoms with E-state index in [4.69, 9.17) is 0 Å². The molecular weight excluding hydrogens is 179 g/mol. The molecule has 2 unspecified atom stereocenters. The highest BCUT2D eigenvalue weighted by Gasteiger charge is 2.90. The molecule has 1 aliphatic carbocycles. The average molecular weight is 188 g/mol. The first-order valence-corrected chi connectivity index (χ1v) is 3.44. The minimum Gasteiger partial charge on any atom is -0.237 e. The molecule has 0 aromatic heterocycles. The fraction of sp³-hybridized carbons (Fsp3) is 1.00. The van der Waals surface area contributed by atoms with Crippen LogP contribution in [0.2, 0.25) is 0 Å². The monoisotopic (exact) mass is 188 g/mol. The molecule has 0 spiro atoms. The predicted octanol–water partition coefficient (Wildman–Crippen LogP) is 2.82. The molecule has 1 saturated carbocycles. The highest BCUT2D eigenvalue weighted by atomic mass is 19.3. The van der Waals surface area contributed by atoms with Crippen molar-refractivity contribution in [2.75, 3.05) is 0 Å². The molecule has 0 bridgehead atoms. The lowest BCUT2D eigenvalue weighted by Gasteiger charge is -2.59. The molecule has 0 amide bonds. The summed E-state index contributed by atoms with van der Waals surface area (Å²) in [4.78, 5) is 0. The minimum atomic E-state index is -4.26. The van der Waals surface area contributed by atoms with Gasteiger partial charge in [-0.2, -0.15) is 8.78 Å². The maximum Gasteiger partial charge on any atom is 0.320 e. The summed E-state index contributed by atoms with van der Waals surface area (Å²) in [5.74, 6) is -4.26. The Balaban J connectivity index is 3.16. The average Bonchev–Trinajstić information content (AvgIpc) is 1.84. The van der Waals surface area contributed by atoms with Crippen LogP contribution in [0.3, 0.4) is 0 Å².